The molecule has 0 bridgehead atoms. The van der Waals surface area contributed by atoms with Crippen molar-refractivity contribution in [3.8, 4) is 11.1 Å². The van der Waals surface area contributed by atoms with Crippen LogP contribution in [0.3, 0.4) is 0 Å². The Morgan fingerprint density at radius 2 is 1.53 bits per heavy atom. The summed E-state index contributed by atoms with van der Waals surface area (Å²) in [6, 6.07) is 14.5. The monoisotopic (exact) mass is 216 g/mol. The van der Waals surface area contributed by atoms with E-state index >= 15 is 0 Å². The van der Waals surface area contributed by atoms with Crippen molar-refractivity contribution in [1.29, 1.82) is 0 Å². The van der Waals surface area contributed by atoms with Crippen LogP contribution >= 0.6 is 11.6 Å². The second-order valence-electron chi connectivity index (χ2n) is 3.78. The maximum Gasteiger partial charge on any atom is 0.0441 e. The number of rotatable bonds is 1. The Hall–Kier alpha value is -1.27. The first-order valence-corrected chi connectivity index (χ1v) is 5.38. The summed E-state index contributed by atoms with van der Waals surface area (Å²) in [5, 5.41) is 0.827. The average molecular weight is 217 g/mol. The number of hydrogen-bond donors (Lipinski definition) is 0. The highest BCUT2D eigenvalue weighted by Crippen LogP contribution is 2.28. The van der Waals surface area contributed by atoms with E-state index < -0.39 is 0 Å². The van der Waals surface area contributed by atoms with Crippen LogP contribution in [-0.4, -0.2) is 0 Å². The fourth-order valence-corrected chi connectivity index (χ4v) is 1.83. The Morgan fingerprint density at radius 1 is 0.867 bits per heavy atom. The van der Waals surface area contributed by atoms with Gasteiger partial charge in [0, 0.05) is 5.02 Å². The van der Waals surface area contributed by atoms with Gasteiger partial charge in [0.2, 0.25) is 0 Å². The van der Waals surface area contributed by atoms with Crippen molar-refractivity contribution in [3.63, 3.8) is 0 Å². The third-order valence-electron chi connectivity index (χ3n) is 2.63. The van der Waals surface area contributed by atoms with Crippen LogP contribution in [0.1, 0.15) is 11.1 Å². The molecule has 0 amide bonds. The lowest BCUT2D eigenvalue weighted by atomic mass is 10.00. The lowest BCUT2D eigenvalue weighted by Crippen LogP contribution is -1.84. The van der Waals surface area contributed by atoms with Gasteiger partial charge >= 0.3 is 0 Å². The Morgan fingerprint density at radius 3 is 2.20 bits per heavy atom. The van der Waals surface area contributed by atoms with Crippen molar-refractivity contribution >= 4 is 11.6 Å². The summed E-state index contributed by atoms with van der Waals surface area (Å²) in [6.45, 7) is 4.14. The van der Waals surface area contributed by atoms with Crippen LogP contribution in [0, 0.1) is 13.8 Å². The van der Waals surface area contributed by atoms with Crippen LogP contribution in [0.4, 0.5) is 0 Å². The van der Waals surface area contributed by atoms with E-state index in [2.05, 4.69) is 44.2 Å². The lowest BCUT2D eigenvalue weighted by Gasteiger charge is -2.07. The van der Waals surface area contributed by atoms with Crippen molar-refractivity contribution in [3.05, 3.63) is 58.6 Å². The number of halogens is 1. The molecule has 0 radical (unpaired) electrons. The highest BCUT2D eigenvalue weighted by atomic mass is 35.5. The van der Waals surface area contributed by atoms with E-state index in [1.54, 1.807) is 0 Å². The van der Waals surface area contributed by atoms with Crippen molar-refractivity contribution in [2.24, 2.45) is 0 Å². The van der Waals surface area contributed by atoms with Crippen LogP contribution in [0.5, 0.6) is 0 Å². The number of benzene rings is 2. The van der Waals surface area contributed by atoms with Crippen molar-refractivity contribution in [2.75, 3.05) is 0 Å². The second kappa shape index (κ2) is 4.08. The maximum atomic E-state index is 6.09. The largest absolute Gasteiger partial charge is 0.0840 e. The van der Waals surface area contributed by atoms with Crippen LogP contribution in [0.25, 0.3) is 11.1 Å². The van der Waals surface area contributed by atoms with Crippen molar-refractivity contribution in [1.82, 2.24) is 0 Å². The molecule has 15 heavy (non-hydrogen) atoms. The van der Waals surface area contributed by atoms with Gasteiger partial charge in [-0.15, -0.1) is 0 Å². The summed E-state index contributed by atoms with van der Waals surface area (Å²) in [6.07, 6.45) is 0. The predicted octanol–water partition coefficient (Wildman–Crippen LogP) is 4.62. The molecule has 76 valence electrons. The van der Waals surface area contributed by atoms with E-state index in [9.17, 15) is 0 Å². The van der Waals surface area contributed by atoms with E-state index in [1.807, 2.05) is 12.1 Å². The third kappa shape index (κ3) is 2.05. The Balaban J connectivity index is 2.54. The number of aryl methyl sites for hydroxylation is 1. The summed E-state index contributed by atoms with van der Waals surface area (Å²) in [5.41, 5.74) is 4.85. The maximum absolute atomic E-state index is 6.09. The minimum absolute atomic E-state index is 0.827. The lowest BCUT2D eigenvalue weighted by molar-refractivity contribution is 1.43. The molecule has 0 aliphatic heterocycles. The molecule has 0 nitrogen and oxygen atoms in total. The Bertz CT molecular complexity index is 469. The van der Waals surface area contributed by atoms with Gasteiger partial charge in [0.05, 0.1) is 0 Å². The topological polar surface area (TPSA) is 0 Å². The van der Waals surface area contributed by atoms with E-state index in [0.717, 1.165) is 10.6 Å². The molecule has 0 fully saturated rings. The standard InChI is InChI=1S/C14H13Cl/c1-10-6-8-12(9-7-10)13-4-3-5-14(15)11(13)2/h3-9H,1-2H3. The zero-order chi connectivity index (χ0) is 10.8. The third-order valence-corrected chi connectivity index (χ3v) is 3.04. The SMILES string of the molecule is Cc1ccc(-c2cccc(Cl)c2C)cc1. The van der Waals surface area contributed by atoms with Gasteiger partial charge in [0.1, 0.15) is 0 Å². The van der Waals surface area contributed by atoms with Gasteiger partial charge < -0.3 is 0 Å². The first kappa shape index (κ1) is 10.3. The van der Waals surface area contributed by atoms with Crippen LogP contribution in [0.2, 0.25) is 5.02 Å². The second-order valence-corrected chi connectivity index (χ2v) is 4.19. The minimum Gasteiger partial charge on any atom is -0.0840 e. The molecule has 0 spiro atoms. The normalized spacial score (nSPS) is 10.3. The van der Waals surface area contributed by atoms with Crippen molar-refractivity contribution < 1.29 is 0 Å². The van der Waals surface area contributed by atoms with Crippen molar-refractivity contribution in [2.45, 2.75) is 13.8 Å². The van der Waals surface area contributed by atoms with Gasteiger partial charge in [-0.25, -0.2) is 0 Å². The molecule has 1 heteroatoms. The molecule has 2 aromatic rings. The quantitative estimate of drug-likeness (QED) is 0.652. The Kier molecular flexibility index (Phi) is 2.79. The zero-order valence-corrected chi connectivity index (χ0v) is 9.68. The van der Waals surface area contributed by atoms with E-state index in [4.69, 9.17) is 11.6 Å². The van der Waals surface area contributed by atoms with Gasteiger partial charge in [-0.2, -0.15) is 0 Å². The van der Waals surface area contributed by atoms with Gasteiger partial charge in [-0.3, -0.25) is 0 Å². The number of hydrogen-bond acceptors (Lipinski definition) is 0. The van der Waals surface area contributed by atoms with Crippen LogP contribution in [0.15, 0.2) is 42.5 Å². The smallest absolute Gasteiger partial charge is 0.0441 e. The molecule has 2 aromatic carbocycles. The molecular formula is C14H13Cl. The van der Waals surface area contributed by atoms with E-state index in [0.29, 0.717) is 0 Å². The molecule has 0 aromatic heterocycles. The molecule has 0 aliphatic rings. The fraction of sp³-hybridized carbons (Fsp3) is 0.143. The summed E-state index contributed by atoms with van der Waals surface area (Å²) < 4.78 is 0. The first-order chi connectivity index (χ1) is 7.18. The highest BCUT2D eigenvalue weighted by molar-refractivity contribution is 6.31. The Labute approximate surface area is 95.5 Å². The molecular weight excluding hydrogens is 204 g/mol. The highest BCUT2D eigenvalue weighted by Gasteiger charge is 2.03. The molecule has 0 saturated heterocycles. The predicted molar refractivity (Wildman–Crippen MR) is 66.4 cm³/mol. The van der Waals surface area contributed by atoms with Gasteiger partial charge in [0.15, 0.2) is 0 Å². The average Bonchev–Trinajstić information content (AvgIpc) is 2.24. The first-order valence-electron chi connectivity index (χ1n) is 5.00. The van der Waals surface area contributed by atoms with Crippen LogP contribution < -0.4 is 0 Å². The molecule has 0 heterocycles. The summed E-state index contributed by atoms with van der Waals surface area (Å²) in [4.78, 5) is 0. The fourth-order valence-electron chi connectivity index (χ4n) is 1.65. The molecule has 0 N–H and O–H groups in total. The van der Waals surface area contributed by atoms with Gasteiger partial charge in [-0.1, -0.05) is 53.6 Å². The molecule has 2 rings (SSSR count). The molecule has 0 atom stereocenters. The van der Waals surface area contributed by atoms with E-state index in [-0.39, 0.29) is 0 Å². The summed E-state index contributed by atoms with van der Waals surface area (Å²) in [5.74, 6) is 0. The zero-order valence-electron chi connectivity index (χ0n) is 8.92. The minimum atomic E-state index is 0.827. The summed E-state index contributed by atoms with van der Waals surface area (Å²) >= 11 is 6.09. The van der Waals surface area contributed by atoms with Gasteiger partial charge in [0.25, 0.3) is 0 Å². The molecule has 0 aliphatic carbocycles. The van der Waals surface area contributed by atoms with E-state index in [1.165, 1.54) is 16.7 Å². The van der Waals surface area contributed by atoms with Gasteiger partial charge in [-0.05, 0) is 36.6 Å². The van der Waals surface area contributed by atoms with Crippen LogP contribution in [-0.2, 0) is 0 Å². The molecule has 0 saturated carbocycles. The molecule has 0 unspecified atom stereocenters. The summed E-state index contributed by atoms with van der Waals surface area (Å²) in [7, 11) is 0.